The zero-order chi connectivity index (χ0) is 17.8. The summed E-state index contributed by atoms with van der Waals surface area (Å²) in [7, 11) is -3.77. The van der Waals surface area contributed by atoms with Crippen molar-refractivity contribution in [1.82, 2.24) is 0 Å². The first kappa shape index (κ1) is 19.6. The third-order valence-corrected chi connectivity index (χ3v) is 5.50. The van der Waals surface area contributed by atoms with Crippen molar-refractivity contribution in [3.63, 3.8) is 0 Å². The molecule has 1 aliphatic heterocycles. The van der Waals surface area contributed by atoms with Gasteiger partial charge in [-0.25, -0.2) is 8.42 Å². The van der Waals surface area contributed by atoms with Gasteiger partial charge in [0.05, 0.1) is 11.9 Å². The van der Waals surface area contributed by atoms with E-state index in [0.29, 0.717) is 6.42 Å². The predicted molar refractivity (Wildman–Crippen MR) is 83.2 cm³/mol. The van der Waals surface area contributed by atoms with Crippen molar-refractivity contribution >= 4 is 21.8 Å². The minimum atomic E-state index is -3.77. The maximum absolute atomic E-state index is 12.4. The molecule has 1 saturated heterocycles. The van der Waals surface area contributed by atoms with Crippen molar-refractivity contribution in [2.75, 3.05) is 5.75 Å². The summed E-state index contributed by atoms with van der Waals surface area (Å²) in [6.07, 6.45) is -0.760. The zero-order valence-corrected chi connectivity index (χ0v) is 14.7. The number of hydrogen-bond acceptors (Lipinski definition) is 7. The smallest absolute Gasteiger partial charge is 0.303 e. The molecule has 1 unspecified atom stereocenters. The average molecular weight is 348 g/mol. The van der Waals surface area contributed by atoms with Gasteiger partial charge in [-0.3, -0.25) is 9.59 Å². The standard InChI is InChI=1S/C15H24O7S/c1-6-8-23(18,19)15-14(21-11(5)17)13(20-10(4)16)9(3)12(7-2)22-15/h6,9,12-15H,1,7-8H2,2-5H3/t9-,12-,13+,14-,15?/m1/s1. The van der Waals surface area contributed by atoms with E-state index in [-0.39, 0.29) is 11.7 Å². The molecule has 5 atom stereocenters. The molecule has 0 aromatic rings. The highest BCUT2D eigenvalue weighted by atomic mass is 32.2. The summed E-state index contributed by atoms with van der Waals surface area (Å²) in [5.41, 5.74) is -1.39. The minimum absolute atomic E-state index is 0.316. The lowest BCUT2D eigenvalue weighted by molar-refractivity contribution is -0.208. The highest BCUT2D eigenvalue weighted by molar-refractivity contribution is 7.92. The van der Waals surface area contributed by atoms with Crippen LogP contribution in [-0.2, 0) is 33.6 Å². The molecule has 0 saturated carbocycles. The summed E-state index contributed by atoms with van der Waals surface area (Å²) in [6, 6.07) is 0. The second-order valence-electron chi connectivity index (χ2n) is 5.58. The third-order valence-electron chi connectivity index (χ3n) is 3.72. The van der Waals surface area contributed by atoms with Crippen LogP contribution < -0.4 is 0 Å². The Morgan fingerprint density at radius 1 is 1.17 bits per heavy atom. The molecule has 1 fully saturated rings. The van der Waals surface area contributed by atoms with Gasteiger partial charge in [-0.05, 0) is 6.42 Å². The molecular weight excluding hydrogens is 324 g/mol. The molecule has 7 nitrogen and oxygen atoms in total. The van der Waals surface area contributed by atoms with Gasteiger partial charge in [0.15, 0.2) is 21.4 Å². The van der Waals surface area contributed by atoms with Crippen molar-refractivity contribution < 1.29 is 32.2 Å². The Hall–Kier alpha value is -1.41. The number of ether oxygens (including phenoxy) is 3. The van der Waals surface area contributed by atoms with E-state index in [1.807, 2.05) is 6.92 Å². The fourth-order valence-corrected chi connectivity index (χ4v) is 4.18. The number of sulfone groups is 1. The lowest BCUT2D eigenvalue weighted by Crippen LogP contribution is -2.58. The van der Waals surface area contributed by atoms with E-state index in [9.17, 15) is 18.0 Å². The first-order valence-corrected chi connectivity index (χ1v) is 9.17. The van der Waals surface area contributed by atoms with Crippen LogP contribution >= 0.6 is 0 Å². The topological polar surface area (TPSA) is 96.0 Å². The van der Waals surface area contributed by atoms with Gasteiger partial charge in [0, 0.05) is 19.8 Å². The van der Waals surface area contributed by atoms with E-state index in [0.717, 1.165) is 0 Å². The molecule has 1 rings (SSSR count). The van der Waals surface area contributed by atoms with Gasteiger partial charge < -0.3 is 14.2 Å². The summed E-state index contributed by atoms with van der Waals surface area (Å²) >= 11 is 0. The first-order valence-electron chi connectivity index (χ1n) is 7.46. The second kappa shape index (κ2) is 7.92. The predicted octanol–water partition coefficient (Wildman–Crippen LogP) is 1.22. The van der Waals surface area contributed by atoms with Crippen LogP contribution in [0.3, 0.4) is 0 Å². The van der Waals surface area contributed by atoms with Gasteiger partial charge in [0.2, 0.25) is 0 Å². The molecule has 1 aliphatic rings. The van der Waals surface area contributed by atoms with E-state index in [2.05, 4.69) is 6.58 Å². The molecule has 0 aromatic heterocycles. The van der Waals surface area contributed by atoms with Gasteiger partial charge >= 0.3 is 11.9 Å². The monoisotopic (exact) mass is 348 g/mol. The van der Waals surface area contributed by atoms with Crippen molar-refractivity contribution in [1.29, 1.82) is 0 Å². The number of esters is 2. The van der Waals surface area contributed by atoms with Gasteiger partial charge in [-0.15, -0.1) is 6.58 Å². The molecule has 8 heteroatoms. The summed E-state index contributed by atoms with van der Waals surface area (Å²) in [6.45, 7) is 9.42. The number of rotatable bonds is 6. The summed E-state index contributed by atoms with van der Waals surface area (Å²) in [4.78, 5) is 22.8. The Morgan fingerprint density at radius 2 is 1.70 bits per heavy atom. The van der Waals surface area contributed by atoms with Crippen molar-refractivity contribution in [2.24, 2.45) is 5.92 Å². The van der Waals surface area contributed by atoms with E-state index in [4.69, 9.17) is 14.2 Å². The van der Waals surface area contributed by atoms with Crippen molar-refractivity contribution in [3.8, 4) is 0 Å². The van der Waals surface area contributed by atoms with Crippen LogP contribution in [0, 0.1) is 5.92 Å². The number of carbonyl (C=O) groups is 2. The Labute approximate surface area is 136 Å². The summed E-state index contributed by atoms with van der Waals surface area (Å²) in [5.74, 6) is -1.89. The summed E-state index contributed by atoms with van der Waals surface area (Å²) in [5, 5.41) is 0. The average Bonchev–Trinajstić information content (AvgIpc) is 2.41. The molecule has 23 heavy (non-hydrogen) atoms. The van der Waals surface area contributed by atoms with E-state index in [1.54, 1.807) is 6.92 Å². The van der Waals surface area contributed by atoms with Crippen LogP contribution in [0.4, 0.5) is 0 Å². The summed E-state index contributed by atoms with van der Waals surface area (Å²) < 4.78 is 41.0. The normalized spacial score (nSPS) is 31.2. The Balaban J connectivity index is 3.29. The molecule has 0 aliphatic carbocycles. The number of carbonyl (C=O) groups excluding carboxylic acids is 2. The zero-order valence-electron chi connectivity index (χ0n) is 13.9. The quantitative estimate of drug-likeness (QED) is 0.526. The molecule has 0 spiro atoms. The van der Waals surface area contributed by atoms with Gasteiger partial charge in [0.1, 0.15) is 6.10 Å². The molecule has 0 aromatic carbocycles. The highest BCUT2D eigenvalue weighted by Gasteiger charge is 2.51. The molecule has 1 heterocycles. The largest absolute Gasteiger partial charge is 0.458 e. The van der Waals surface area contributed by atoms with Crippen molar-refractivity contribution in [3.05, 3.63) is 12.7 Å². The van der Waals surface area contributed by atoms with Crippen LogP contribution in [0.15, 0.2) is 12.7 Å². The molecular formula is C15H24O7S. The molecule has 0 N–H and O–H groups in total. The van der Waals surface area contributed by atoms with Crippen LogP contribution in [0.25, 0.3) is 0 Å². The maximum Gasteiger partial charge on any atom is 0.303 e. The van der Waals surface area contributed by atoms with E-state index >= 15 is 0 Å². The van der Waals surface area contributed by atoms with Gasteiger partial charge in [-0.1, -0.05) is 19.9 Å². The van der Waals surface area contributed by atoms with Crippen molar-refractivity contribution in [2.45, 2.75) is 57.9 Å². The second-order valence-corrected chi connectivity index (χ2v) is 7.70. The van der Waals surface area contributed by atoms with E-state index < -0.39 is 45.5 Å². The fourth-order valence-electron chi connectivity index (χ4n) is 2.74. The number of hydrogen-bond donors (Lipinski definition) is 0. The first-order chi connectivity index (χ1) is 10.6. The van der Waals surface area contributed by atoms with E-state index in [1.165, 1.54) is 19.9 Å². The van der Waals surface area contributed by atoms with Gasteiger partial charge in [-0.2, -0.15) is 0 Å². The van der Waals surface area contributed by atoms with Gasteiger partial charge in [0.25, 0.3) is 0 Å². The minimum Gasteiger partial charge on any atom is -0.458 e. The Morgan fingerprint density at radius 3 is 2.13 bits per heavy atom. The van der Waals surface area contributed by atoms with Crippen LogP contribution in [0.5, 0.6) is 0 Å². The Kier molecular flexibility index (Phi) is 6.76. The van der Waals surface area contributed by atoms with Crippen LogP contribution in [-0.4, -0.2) is 49.9 Å². The molecule has 0 radical (unpaired) electrons. The Bertz CT molecular complexity index is 554. The van der Waals surface area contributed by atoms with Crippen LogP contribution in [0.2, 0.25) is 0 Å². The SMILES string of the molecule is C=CCS(=O)(=O)C1O[C@H](CC)[C@@H](C)[C@H](OC(C)=O)[C@H]1OC(C)=O. The highest BCUT2D eigenvalue weighted by Crippen LogP contribution is 2.34. The van der Waals surface area contributed by atoms with Crippen LogP contribution in [0.1, 0.15) is 34.1 Å². The maximum atomic E-state index is 12.4. The molecule has 0 amide bonds. The lowest BCUT2D eigenvalue weighted by Gasteiger charge is -2.43. The lowest BCUT2D eigenvalue weighted by atomic mass is 9.89. The third kappa shape index (κ3) is 4.78. The molecule has 132 valence electrons. The fraction of sp³-hybridized carbons (Fsp3) is 0.733. The molecule has 0 bridgehead atoms.